The average Bonchev–Trinajstić information content (AvgIpc) is 2.92. The number of aromatic nitrogens is 4. The van der Waals surface area contributed by atoms with E-state index in [1.807, 2.05) is 25.5 Å². The summed E-state index contributed by atoms with van der Waals surface area (Å²) in [7, 11) is 0. The molecule has 3 heterocycles. The number of carbonyl (C=O) groups is 1. The number of hydrogen-bond donors (Lipinski definition) is 0. The van der Waals surface area contributed by atoms with Gasteiger partial charge >= 0.3 is 5.97 Å². The molecule has 0 bridgehead atoms. The molecule has 0 atom stereocenters. The molecule has 2 aromatic heterocycles. The Morgan fingerprint density at radius 3 is 2.65 bits per heavy atom. The maximum absolute atomic E-state index is 11.9. The number of nitrogens with zero attached hydrogens (tertiary/aromatic N) is 5. The van der Waals surface area contributed by atoms with Crippen molar-refractivity contribution in [2.45, 2.75) is 39.7 Å². The van der Waals surface area contributed by atoms with Crippen LogP contribution in [0.1, 0.15) is 39.7 Å². The molecule has 1 aliphatic rings. The molecule has 7 nitrogen and oxygen atoms in total. The van der Waals surface area contributed by atoms with Gasteiger partial charge in [0.05, 0.1) is 23.0 Å². The highest BCUT2D eigenvalue weighted by molar-refractivity contribution is 6.33. The molecule has 1 aliphatic heterocycles. The van der Waals surface area contributed by atoms with Crippen molar-refractivity contribution >= 4 is 28.6 Å². The van der Waals surface area contributed by atoms with Gasteiger partial charge in [-0.15, -0.1) is 5.06 Å². The lowest BCUT2D eigenvalue weighted by Gasteiger charge is -2.32. The van der Waals surface area contributed by atoms with Crippen molar-refractivity contribution in [1.29, 1.82) is 0 Å². The predicted molar refractivity (Wildman–Crippen MR) is 85.7 cm³/mol. The molecule has 2 aromatic rings. The Hall–Kier alpha value is -1.73. The number of rotatable bonds is 2. The second kappa shape index (κ2) is 6.05. The van der Waals surface area contributed by atoms with Crippen LogP contribution in [0, 0.1) is 5.41 Å². The summed E-state index contributed by atoms with van der Waals surface area (Å²) in [6, 6.07) is 0.211. The molecule has 0 radical (unpaired) electrons. The van der Waals surface area contributed by atoms with E-state index in [2.05, 4.69) is 15.1 Å². The van der Waals surface area contributed by atoms with Crippen molar-refractivity contribution in [3.05, 3.63) is 17.7 Å². The smallest absolute Gasteiger partial charge is 0.330 e. The van der Waals surface area contributed by atoms with E-state index in [9.17, 15) is 4.79 Å². The largest absolute Gasteiger partial charge is 0.367 e. The van der Waals surface area contributed by atoms with Crippen molar-refractivity contribution < 1.29 is 9.63 Å². The number of carbonyl (C=O) groups excluding carboxylic acids is 1. The van der Waals surface area contributed by atoms with Gasteiger partial charge in [0.1, 0.15) is 11.5 Å². The molecular formula is C15H20ClN5O2. The van der Waals surface area contributed by atoms with Gasteiger partial charge in [-0.1, -0.05) is 11.6 Å². The second-order valence-electron chi connectivity index (χ2n) is 6.78. The van der Waals surface area contributed by atoms with Crippen LogP contribution in [-0.2, 0) is 9.63 Å². The van der Waals surface area contributed by atoms with Crippen molar-refractivity contribution in [3.8, 4) is 0 Å². The Labute approximate surface area is 139 Å². The summed E-state index contributed by atoms with van der Waals surface area (Å²) in [6.45, 7) is 6.89. The Balaban J connectivity index is 1.67. The topological polar surface area (TPSA) is 73.1 Å². The van der Waals surface area contributed by atoms with Crippen LogP contribution in [-0.4, -0.2) is 43.9 Å². The highest BCUT2D eigenvalue weighted by atomic mass is 35.5. The molecule has 0 N–H and O–H groups in total. The van der Waals surface area contributed by atoms with Gasteiger partial charge in [0, 0.05) is 13.1 Å². The van der Waals surface area contributed by atoms with Crippen LogP contribution >= 0.6 is 11.6 Å². The summed E-state index contributed by atoms with van der Waals surface area (Å²) in [5.74, 6) is -0.208. The predicted octanol–water partition coefficient (Wildman–Crippen LogP) is 2.62. The van der Waals surface area contributed by atoms with E-state index in [1.54, 1.807) is 11.3 Å². The summed E-state index contributed by atoms with van der Waals surface area (Å²) >= 11 is 6.06. The molecule has 0 unspecified atom stereocenters. The Morgan fingerprint density at radius 2 is 2.00 bits per heavy atom. The first kappa shape index (κ1) is 16.1. The van der Waals surface area contributed by atoms with E-state index >= 15 is 0 Å². The third-order valence-corrected chi connectivity index (χ3v) is 4.24. The van der Waals surface area contributed by atoms with Crippen molar-refractivity contribution in [1.82, 2.24) is 24.8 Å². The molecular weight excluding hydrogens is 318 g/mol. The molecule has 0 aliphatic carbocycles. The minimum atomic E-state index is -0.497. The minimum Gasteiger partial charge on any atom is -0.367 e. The fraction of sp³-hybridized carbons (Fsp3) is 0.600. The first-order valence-electron chi connectivity index (χ1n) is 7.67. The lowest BCUT2D eigenvalue weighted by Crippen LogP contribution is -2.39. The first-order chi connectivity index (χ1) is 10.9. The molecule has 23 heavy (non-hydrogen) atoms. The van der Waals surface area contributed by atoms with Gasteiger partial charge < -0.3 is 4.84 Å². The van der Waals surface area contributed by atoms with Gasteiger partial charge in [-0.2, -0.15) is 5.10 Å². The Kier molecular flexibility index (Phi) is 4.25. The number of hydrogen-bond acceptors (Lipinski definition) is 6. The van der Waals surface area contributed by atoms with Gasteiger partial charge in [-0.05, 0) is 33.6 Å². The monoisotopic (exact) mass is 337 g/mol. The zero-order valence-corrected chi connectivity index (χ0v) is 14.2. The van der Waals surface area contributed by atoms with Crippen LogP contribution in [0.15, 0.2) is 12.5 Å². The summed E-state index contributed by atoms with van der Waals surface area (Å²) < 4.78 is 1.89. The quantitative estimate of drug-likeness (QED) is 0.784. The molecule has 8 heteroatoms. The molecule has 0 spiro atoms. The van der Waals surface area contributed by atoms with Crippen LogP contribution in [0.25, 0.3) is 11.0 Å². The maximum Gasteiger partial charge on any atom is 0.330 e. The molecule has 0 saturated carbocycles. The average molecular weight is 338 g/mol. The maximum atomic E-state index is 11.9. The second-order valence-corrected chi connectivity index (χ2v) is 7.14. The van der Waals surface area contributed by atoms with Gasteiger partial charge in [0.25, 0.3) is 0 Å². The number of fused-ring (bicyclic) bond motifs is 1. The van der Waals surface area contributed by atoms with Gasteiger partial charge in [0.2, 0.25) is 0 Å². The number of hydroxylamine groups is 2. The molecule has 3 rings (SSSR count). The molecule has 1 fully saturated rings. The van der Waals surface area contributed by atoms with Crippen LogP contribution in [0.5, 0.6) is 0 Å². The van der Waals surface area contributed by atoms with Gasteiger partial charge in [-0.25, -0.2) is 19.4 Å². The lowest BCUT2D eigenvalue weighted by atomic mass is 9.98. The van der Waals surface area contributed by atoms with E-state index in [1.165, 1.54) is 6.33 Å². The van der Waals surface area contributed by atoms with E-state index in [0.717, 1.165) is 23.9 Å². The summed E-state index contributed by atoms with van der Waals surface area (Å²) in [4.78, 5) is 25.6. The van der Waals surface area contributed by atoms with E-state index in [-0.39, 0.29) is 12.0 Å². The molecule has 0 amide bonds. The van der Waals surface area contributed by atoms with Crippen molar-refractivity contribution in [3.63, 3.8) is 0 Å². The highest BCUT2D eigenvalue weighted by Crippen LogP contribution is 2.28. The van der Waals surface area contributed by atoms with Crippen LogP contribution in [0.3, 0.4) is 0 Å². The van der Waals surface area contributed by atoms with Crippen LogP contribution in [0.4, 0.5) is 0 Å². The highest BCUT2D eigenvalue weighted by Gasteiger charge is 2.29. The number of halogens is 1. The van der Waals surface area contributed by atoms with Crippen LogP contribution < -0.4 is 0 Å². The summed E-state index contributed by atoms with van der Waals surface area (Å²) in [6.07, 6.45) is 4.80. The zero-order valence-electron chi connectivity index (χ0n) is 13.5. The van der Waals surface area contributed by atoms with Crippen LogP contribution in [0.2, 0.25) is 5.15 Å². The van der Waals surface area contributed by atoms with Gasteiger partial charge in [0.15, 0.2) is 5.65 Å². The first-order valence-corrected chi connectivity index (χ1v) is 8.05. The third kappa shape index (κ3) is 3.30. The Bertz CT molecular complexity index is 716. The lowest BCUT2D eigenvalue weighted by molar-refractivity contribution is -0.205. The summed E-state index contributed by atoms with van der Waals surface area (Å²) in [5.41, 5.74) is 0.248. The standard InChI is InChI=1S/C15H20ClN5O2/c1-15(2,3)14(22)23-20-6-4-10(5-7-20)21-13-11(8-19-21)12(16)17-9-18-13/h8-10H,4-7H2,1-3H3. The van der Waals surface area contributed by atoms with Crippen molar-refractivity contribution in [2.75, 3.05) is 13.1 Å². The minimum absolute atomic E-state index is 0.208. The van der Waals surface area contributed by atoms with Gasteiger partial charge in [-0.3, -0.25) is 0 Å². The van der Waals surface area contributed by atoms with E-state index in [4.69, 9.17) is 16.4 Å². The van der Waals surface area contributed by atoms with E-state index in [0.29, 0.717) is 18.2 Å². The third-order valence-electron chi connectivity index (χ3n) is 3.94. The number of piperidine rings is 1. The summed E-state index contributed by atoms with van der Waals surface area (Å²) in [5, 5.41) is 7.32. The fourth-order valence-corrected chi connectivity index (χ4v) is 2.71. The Morgan fingerprint density at radius 1 is 1.30 bits per heavy atom. The normalized spacial score (nSPS) is 17.6. The zero-order chi connectivity index (χ0) is 16.6. The fourth-order valence-electron chi connectivity index (χ4n) is 2.53. The van der Waals surface area contributed by atoms with Crippen molar-refractivity contribution in [2.24, 2.45) is 5.41 Å². The molecule has 1 saturated heterocycles. The molecule has 124 valence electrons. The van der Waals surface area contributed by atoms with E-state index < -0.39 is 5.41 Å². The SMILES string of the molecule is CC(C)(C)C(=O)ON1CCC(n2ncc3c(Cl)ncnc32)CC1. The molecule has 0 aromatic carbocycles.